The molecule has 0 aliphatic heterocycles. The summed E-state index contributed by atoms with van der Waals surface area (Å²) in [7, 11) is 0. The van der Waals surface area contributed by atoms with E-state index in [0.29, 0.717) is 0 Å². The Balaban J connectivity index is 0.000000720. The monoisotopic (exact) mass is 203 g/mol. The average Bonchev–Trinajstić information content (AvgIpc) is 2.28. The first-order valence-corrected chi connectivity index (χ1v) is 4.39. The van der Waals surface area contributed by atoms with Crippen LogP contribution in [0.15, 0.2) is 18.3 Å². The molecule has 0 saturated carbocycles. The summed E-state index contributed by atoms with van der Waals surface area (Å²) in [6.45, 7) is 0. The van der Waals surface area contributed by atoms with E-state index in [4.69, 9.17) is 0 Å². The van der Waals surface area contributed by atoms with E-state index < -0.39 is 0 Å². The Morgan fingerprint density at radius 2 is 1.92 bits per heavy atom. The van der Waals surface area contributed by atoms with Crippen LogP contribution in [0.3, 0.4) is 0 Å². The van der Waals surface area contributed by atoms with Crippen LogP contribution in [-0.4, -0.2) is 4.98 Å². The van der Waals surface area contributed by atoms with Crippen molar-refractivity contribution >= 4 is 0 Å². The maximum Gasteiger partial charge on any atom is 0.0435 e. The van der Waals surface area contributed by atoms with E-state index in [1.165, 1.54) is 43.4 Å². The molecule has 0 saturated heterocycles. The van der Waals surface area contributed by atoms with Gasteiger partial charge in [-0.2, -0.15) is 0 Å². The van der Waals surface area contributed by atoms with Gasteiger partial charge in [0.05, 0.1) is 0 Å². The van der Waals surface area contributed by atoms with Gasteiger partial charge in [0.25, 0.3) is 0 Å². The van der Waals surface area contributed by atoms with Gasteiger partial charge in [0.1, 0.15) is 0 Å². The molecule has 0 unspecified atom stereocenters. The van der Waals surface area contributed by atoms with Crippen molar-refractivity contribution in [2.24, 2.45) is 0 Å². The first kappa shape index (κ1) is 9.76. The van der Waals surface area contributed by atoms with E-state index >= 15 is 0 Å². The number of hydrogen-bond donors (Lipinski definition) is 0. The van der Waals surface area contributed by atoms with Gasteiger partial charge in [0.15, 0.2) is 0 Å². The SMILES string of the molecule is [Fe].c1cnc2c(c1)CCCCC2. The molecule has 1 aromatic rings. The zero-order valence-corrected chi connectivity index (χ0v) is 8.17. The van der Waals surface area contributed by atoms with Crippen LogP contribution in [0.5, 0.6) is 0 Å². The van der Waals surface area contributed by atoms with Crippen molar-refractivity contribution in [2.75, 3.05) is 0 Å². The van der Waals surface area contributed by atoms with Crippen molar-refractivity contribution in [2.45, 2.75) is 32.1 Å². The molecular weight excluding hydrogens is 190 g/mol. The average molecular weight is 203 g/mol. The fourth-order valence-corrected chi connectivity index (χ4v) is 1.71. The summed E-state index contributed by atoms with van der Waals surface area (Å²) in [5.74, 6) is 0. The molecule has 12 heavy (non-hydrogen) atoms. The Labute approximate surface area is 84.1 Å². The fourth-order valence-electron chi connectivity index (χ4n) is 1.71. The Morgan fingerprint density at radius 1 is 1.08 bits per heavy atom. The first-order valence-electron chi connectivity index (χ1n) is 4.39. The summed E-state index contributed by atoms with van der Waals surface area (Å²) < 4.78 is 0. The predicted molar refractivity (Wildman–Crippen MR) is 45.5 cm³/mol. The zero-order chi connectivity index (χ0) is 7.52. The predicted octanol–water partition coefficient (Wildman–Crippen LogP) is 2.35. The molecule has 1 aromatic heterocycles. The van der Waals surface area contributed by atoms with E-state index in [0.717, 1.165) is 0 Å². The van der Waals surface area contributed by atoms with Crippen LogP contribution in [0.1, 0.15) is 30.5 Å². The molecule has 0 fully saturated rings. The minimum absolute atomic E-state index is 0. The summed E-state index contributed by atoms with van der Waals surface area (Å²) in [6.07, 6.45) is 8.38. The van der Waals surface area contributed by atoms with Crippen molar-refractivity contribution in [1.82, 2.24) is 4.98 Å². The van der Waals surface area contributed by atoms with Crippen LogP contribution in [0.4, 0.5) is 0 Å². The largest absolute Gasteiger partial charge is 0.261 e. The normalized spacial score (nSPS) is 15.7. The second-order valence-electron chi connectivity index (χ2n) is 3.17. The van der Waals surface area contributed by atoms with Crippen molar-refractivity contribution in [3.05, 3.63) is 29.6 Å². The maximum atomic E-state index is 4.38. The molecule has 0 atom stereocenters. The fraction of sp³-hybridized carbons (Fsp3) is 0.500. The number of pyridine rings is 1. The van der Waals surface area contributed by atoms with Gasteiger partial charge in [-0.3, -0.25) is 4.98 Å². The van der Waals surface area contributed by atoms with Crippen LogP contribution in [-0.2, 0) is 29.9 Å². The molecule has 0 N–H and O–H groups in total. The van der Waals surface area contributed by atoms with Crippen LogP contribution in [0.25, 0.3) is 0 Å². The van der Waals surface area contributed by atoms with Crippen molar-refractivity contribution in [3.63, 3.8) is 0 Å². The number of nitrogens with zero attached hydrogens (tertiary/aromatic N) is 1. The van der Waals surface area contributed by atoms with Crippen LogP contribution in [0, 0.1) is 0 Å². The summed E-state index contributed by atoms with van der Waals surface area (Å²) in [4.78, 5) is 4.38. The van der Waals surface area contributed by atoms with Crippen molar-refractivity contribution in [1.29, 1.82) is 0 Å². The summed E-state index contributed by atoms with van der Waals surface area (Å²) in [5.41, 5.74) is 2.81. The summed E-state index contributed by atoms with van der Waals surface area (Å²) in [5, 5.41) is 0. The topological polar surface area (TPSA) is 12.9 Å². The zero-order valence-electron chi connectivity index (χ0n) is 7.07. The molecule has 1 nitrogen and oxygen atoms in total. The third-order valence-corrected chi connectivity index (χ3v) is 2.34. The second kappa shape index (κ2) is 4.64. The molecule has 1 aliphatic carbocycles. The van der Waals surface area contributed by atoms with Crippen LogP contribution < -0.4 is 0 Å². The van der Waals surface area contributed by atoms with Gasteiger partial charge in [-0.05, 0) is 37.3 Å². The molecule has 0 spiro atoms. The minimum Gasteiger partial charge on any atom is -0.261 e. The van der Waals surface area contributed by atoms with Crippen LogP contribution >= 0.6 is 0 Å². The number of fused-ring (bicyclic) bond motifs is 1. The molecule has 0 amide bonds. The minimum atomic E-state index is 0. The van der Waals surface area contributed by atoms with Gasteiger partial charge in [-0.15, -0.1) is 0 Å². The third-order valence-electron chi connectivity index (χ3n) is 2.34. The van der Waals surface area contributed by atoms with Gasteiger partial charge in [-0.25, -0.2) is 0 Å². The number of rotatable bonds is 0. The maximum absolute atomic E-state index is 4.38. The van der Waals surface area contributed by atoms with Gasteiger partial charge in [0, 0.05) is 29.0 Å². The molecule has 0 aromatic carbocycles. The van der Waals surface area contributed by atoms with Gasteiger partial charge in [0.2, 0.25) is 0 Å². The van der Waals surface area contributed by atoms with Gasteiger partial charge < -0.3 is 0 Å². The molecule has 2 heteroatoms. The Hall–Kier alpha value is -0.331. The third kappa shape index (κ3) is 2.09. The number of hydrogen-bond acceptors (Lipinski definition) is 1. The Kier molecular flexibility index (Phi) is 3.77. The van der Waals surface area contributed by atoms with E-state index in [2.05, 4.69) is 11.1 Å². The van der Waals surface area contributed by atoms with Crippen molar-refractivity contribution in [3.8, 4) is 0 Å². The van der Waals surface area contributed by atoms with Gasteiger partial charge in [-0.1, -0.05) is 12.5 Å². The number of aryl methyl sites for hydroxylation is 2. The Morgan fingerprint density at radius 3 is 2.83 bits per heavy atom. The first-order chi connectivity index (χ1) is 5.47. The molecule has 66 valence electrons. The van der Waals surface area contributed by atoms with Crippen LogP contribution in [0.2, 0.25) is 0 Å². The molecular formula is C10H13FeN. The standard InChI is InChI=1S/C10H13N.Fe/c1-2-5-9-6-4-8-11-10(9)7-3-1;/h4,6,8H,1-3,5,7H2;. The number of aromatic nitrogens is 1. The van der Waals surface area contributed by atoms with E-state index in [1.807, 2.05) is 12.3 Å². The van der Waals surface area contributed by atoms with E-state index in [9.17, 15) is 0 Å². The summed E-state index contributed by atoms with van der Waals surface area (Å²) in [6, 6.07) is 4.26. The van der Waals surface area contributed by atoms with E-state index in [1.54, 1.807) is 0 Å². The molecule has 0 bridgehead atoms. The molecule has 0 radical (unpaired) electrons. The quantitative estimate of drug-likeness (QED) is 0.465. The summed E-state index contributed by atoms with van der Waals surface area (Å²) >= 11 is 0. The Bertz CT molecular complexity index is 222. The van der Waals surface area contributed by atoms with E-state index in [-0.39, 0.29) is 17.1 Å². The molecule has 1 heterocycles. The molecule has 2 rings (SSSR count). The van der Waals surface area contributed by atoms with Crippen molar-refractivity contribution < 1.29 is 17.1 Å². The molecule has 1 aliphatic rings. The van der Waals surface area contributed by atoms with Gasteiger partial charge >= 0.3 is 0 Å². The smallest absolute Gasteiger partial charge is 0.0435 e. The second-order valence-corrected chi connectivity index (χ2v) is 3.17.